The van der Waals surface area contributed by atoms with Crippen molar-refractivity contribution in [1.29, 1.82) is 0 Å². The van der Waals surface area contributed by atoms with Gasteiger partial charge in [-0.25, -0.2) is 0 Å². The third kappa shape index (κ3) is 4.29. The standard InChI is InChI=1S/C21H17B6N/c1-19(2,3)14-4-5-17-12(8-14)6-7-28-18(17)13-9-15(20(22,23)24)11-16(10-13)21(25,26)27/h4-11H,1-3H3. The molecule has 0 aliphatic rings. The first-order valence-corrected chi connectivity index (χ1v) is 9.06. The Morgan fingerprint density at radius 2 is 1.25 bits per heavy atom. The summed E-state index contributed by atoms with van der Waals surface area (Å²) in [6, 6.07) is 13.5. The van der Waals surface area contributed by atoms with Crippen LogP contribution in [0, 0.1) is 0 Å². The van der Waals surface area contributed by atoms with Gasteiger partial charge >= 0.3 is 0 Å². The fraction of sp³-hybridized carbons (Fsp3) is 0.286. The van der Waals surface area contributed by atoms with E-state index in [2.05, 4.69) is 44.0 Å². The Morgan fingerprint density at radius 1 is 0.679 bits per heavy atom. The number of hydrogen-bond acceptors (Lipinski definition) is 1. The molecule has 0 aliphatic carbocycles. The molecule has 0 aliphatic heterocycles. The first-order chi connectivity index (χ1) is 12.8. The molecule has 1 heterocycles. The minimum Gasteiger partial charge on any atom is -0.256 e. The molecule has 0 saturated heterocycles. The van der Waals surface area contributed by atoms with Crippen LogP contribution in [-0.4, -0.2) is 52.1 Å². The van der Waals surface area contributed by atoms with E-state index in [1.807, 2.05) is 6.07 Å². The predicted molar refractivity (Wildman–Crippen MR) is 124 cm³/mol. The summed E-state index contributed by atoms with van der Waals surface area (Å²) in [6.07, 6.45) is 1.76. The first-order valence-electron chi connectivity index (χ1n) is 9.06. The lowest BCUT2D eigenvalue weighted by molar-refractivity contribution is 0.591. The molecule has 12 radical (unpaired) electrons. The fourth-order valence-electron chi connectivity index (χ4n) is 3.14. The van der Waals surface area contributed by atoms with Crippen molar-refractivity contribution in [2.45, 2.75) is 36.4 Å². The molecule has 28 heavy (non-hydrogen) atoms. The van der Waals surface area contributed by atoms with Gasteiger partial charge in [-0.2, -0.15) is 0 Å². The molecule has 3 aromatic rings. The van der Waals surface area contributed by atoms with Crippen LogP contribution in [0.3, 0.4) is 0 Å². The number of hydrogen-bond donors (Lipinski definition) is 0. The van der Waals surface area contributed by atoms with Gasteiger partial charge in [-0.05, 0) is 22.4 Å². The second-order valence-corrected chi connectivity index (χ2v) is 8.51. The Labute approximate surface area is 175 Å². The Bertz CT molecular complexity index is 993. The lowest BCUT2D eigenvalue weighted by atomic mass is 9.37. The Balaban J connectivity index is 2.27. The summed E-state index contributed by atoms with van der Waals surface area (Å²) in [7, 11) is 35.5. The topological polar surface area (TPSA) is 12.9 Å². The molecule has 7 heteroatoms. The van der Waals surface area contributed by atoms with Gasteiger partial charge in [0.05, 0.1) is 52.8 Å². The highest BCUT2D eigenvalue weighted by Crippen LogP contribution is 2.33. The van der Waals surface area contributed by atoms with E-state index in [1.165, 1.54) is 5.56 Å². The van der Waals surface area contributed by atoms with Gasteiger partial charge in [-0.15, -0.1) is 10.2 Å². The molecule has 0 saturated carbocycles. The monoisotopic (exact) mass is 349 g/mol. The fourth-order valence-corrected chi connectivity index (χ4v) is 3.14. The van der Waals surface area contributed by atoms with Crippen molar-refractivity contribution < 1.29 is 0 Å². The van der Waals surface area contributed by atoms with E-state index in [0.717, 1.165) is 22.0 Å². The predicted octanol–water partition coefficient (Wildman–Crippen LogP) is 2.43. The zero-order valence-corrected chi connectivity index (χ0v) is 16.5. The highest BCUT2D eigenvalue weighted by Gasteiger charge is 2.21. The summed E-state index contributed by atoms with van der Waals surface area (Å²) in [5.41, 5.74) is 3.67. The number of pyridine rings is 1. The van der Waals surface area contributed by atoms with Gasteiger partial charge in [-0.3, -0.25) is 4.98 Å². The van der Waals surface area contributed by atoms with Crippen LogP contribution in [0.25, 0.3) is 22.0 Å². The highest BCUT2D eigenvalue weighted by molar-refractivity contribution is 6.60. The van der Waals surface area contributed by atoms with Gasteiger partial charge in [0, 0.05) is 17.1 Å². The van der Waals surface area contributed by atoms with Crippen LogP contribution in [-0.2, 0) is 15.6 Å². The Morgan fingerprint density at radius 3 is 1.75 bits per heavy atom. The summed E-state index contributed by atoms with van der Waals surface area (Å²) >= 11 is 0. The van der Waals surface area contributed by atoms with Crippen molar-refractivity contribution in [1.82, 2.24) is 4.98 Å². The molecule has 2 aromatic carbocycles. The molecule has 0 fully saturated rings. The van der Waals surface area contributed by atoms with Crippen molar-refractivity contribution >= 4 is 57.9 Å². The summed E-state index contributed by atoms with van der Waals surface area (Å²) in [4.78, 5) is 4.57. The van der Waals surface area contributed by atoms with Crippen LogP contribution in [0.2, 0.25) is 0 Å². The van der Waals surface area contributed by atoms with Gasteiger partial charge in [0.2, 0.25) is 0 Å². The molecule has 3 rings (SSSR count). The van der Waals surface area contributed by atoms with E-state index in [-0.39, 0.29) is 5.41 Å². The van der Waals surface area contributed by atoms with Gasteiger partial charge in [-0.1, -0.05) is 68.3 Å². The first kappa shape index (κ1) is 21.0. The molecular formula is C21H17B6N. The van der Waals surface area contributed by atoms with E-state index in [4.69, 9.17) is 47.1 Å². The number of rotatable bonds is 3. The van der Waals surface area contributed by atoms with Crippen LogP contribution in [0.15, 0.2) is 48.7 Å². The average molecular weight is 348 g/mol. The van der Waals surface area contributed by atoms with Crippen LogP contribution in [0.4, 0.5) is 0 Å². The summed E-state index contributed by atoms with van der Waals surface area (Å²) < 4.78 is 0. The maximum atomic E-state index is 5.91. The molecule has 124 valence electrons. The molecule has 1 nitrogen and oxygen atoms in total. The van der Waals surface area contributed by atoms with E-state index >= 15 is 0 Å². The molecular weight excluding hydrogens is 331 g/mol. The summed E-state index contributed by atoms with van der Waals surface area (Å²) in [6.45, 7) is 6.54. The smallest absolute Gasteiger partial charge is 0.0780 e. The molecule has 0 atom stereocenters. The minimum atomic E-state index is -1.57. The molecule has 1 aromatic heterocycles. The largest absolute Gasteiger partial charge is 0.256 e. The Kier molecular flexibility index (Phi) is 5.19. The average Bonchev–Trinajstić information content (AvgIpc) is 2.58. The second-order valence-electron chi connectivity index (χ2n) is 8.51. The van der Waals surface area contributed by atoms with Crippen molar-refractivity contribution in [3.63, 3.8) is 0 Å². The highest BCUT2D eigenvalue weighted by atomic mass is 14.7. The number of nitrogens with zero attached hydrogens (tertiary/aromatic N) is 1. The SMILES string of the molecule is [B]C([B])([B])c1cc(-c2nccc3cc(C(C)(C)C)ccc23)cc(C([B])([B])[B])c1. The normalized spacial score (nSPS) is 13.0. The maximum absolute atomic E-state index is 5.91. The number of aromatic nitrogens is 1. The summed E-state index contributed by atoms with van der Waals surface area (Å²) in [5, 5.41) is -1.09. The van der Waals surface area contributed by atoms with Gasteiger partial charge in [0.15, 0.2) is 0 Å². The zero-order chi connectivity index (χ0) is 20.9. The Hall–Kier alpha value is -1.76. The molecule has 0 bridgehead atoms. The van der Waals surface area contributed by atoms with Gasteiger partial charge in [0.25, 0.3) is 0 Å². The van der Waals surface area contributed by atoms with Crippen LogP contribution >= 0.6 is 0 Å². The van der Waals surface area contributed by atoms with E-state index in [0.29, 0.717) is 11.1 Å². The van der Waals surface area contributed by atoms with Gasteiger partial charge < -0.3 is 0 Å². The quantitative estimate of drug-likeness (QED) is 0.663. The number of benzene rings is 2. The molecule has 0 unspecified atom stereocenters. The lowest BCUT2D eigenvalue weighted by Gasteiger charge is -2.28. The van der Waals surface area contributed by atoms with Crippen molar-refractivity contribution in [3.8, 4) is 11.3 Å². The second kappa shape index (κ2) is 6.94. The van der Waals surface area contributed by atoms with E-state index < -0.39 is 10.2 Å². The van der Waals surface area contributed by atoms with Crippen molar-refractivity contribution in [3.05, 3.63) is 65.4 Å². The van der Waals surface area contributed by atoms with Crippen LogP contribution < -0.4 is 0 Å². The third-order valence-electron chi connectivity index (χ3n) is 4.84. The molecule has 0 N–H and O–H groups in total. The van der Waals surface area contributed by atoms with Crippen LogP contribution in [0.5, 0.6) is 0 Å². The zero-order valence-electron chi connectivity index (χ0n) is 16.5. The van der Waals surface area contributed by atoms with Crippen molar-refractivity contribution in [2.75, 3.05) is 0 Å². The molecule has 0 spiro atoms. The number of fused-ring (bicyclic) bond motifs is 1. The third-order valence-corrected chi connectivity index (χ3v) is 4.84. The van der Waals surface area contributed by atoms with Crippen LogP contribution in [0.1, 0.15) is 37.5 Å². The lowest BCUT2D eigenvalue weighted by Crippen LogP contribution is -2.30. The van der Waals surface area contributed by atoms with Crippen molar-refractivity contribution in [2.24, 2.45) is 0 Å². The van der Waals surface area contributed by atoms with E-state index in [1.54, 1.807) is 24.4 Å². The maximum Gasteiger partial charge on any atom is 0.0780 e. The minimum absolute atomic E-state index is 0.0429. The summed E-state index contributed by atoms with van der Waals surface area (Å²) in [5.74, 6) is 0. The van der Waals surface area contributed by atoms with Gasteiger partial charge in [0.1, 0.15) is 0 Å². The van der Waals surface area contributed by atoms with E-state index in [9.17, 15) is 0 Å². The molecule has 0 amide bonds.